The Balaban J connectivity index is 2.57. The number of nitrogens with one attached hydrogen (secondary N) is 1. The molecule has 2 amide bonds. The van der Waals surface area contributed by atoms with Gasteiger partial charge >= 0.3 is 6.03 Å². The summed E-state index contributed by atoms with van der Waals surface area (Å²) in [5.41, 5.74) is 0.177. The van der Waals surface area contributed by atoms with Crippen LogP contribution in [0.4, 0.5) is 4.79 Å². The summed E-state index contributed by atoms with van der Waals surface area (Å²) in [6, 6.07) is 0.493. The summed E-state index contributed by atoms with van der Waals surface area (Å²) < 4.78 is 0. The minimum Gasteiger partial charge on any atom is -0.326 e. The highest BCUT2D eigenvalue weighted by Gasteiger charge is 2.31. The fourth-order valence-corrected chi connectivity index (χ4v) is 1.89. The Bertz CT molecular complexity index is 234. The third kappa shape index (κ3) is 2.84. The number of hydrogen-bond donors (Lipinski definition) is 1. The molecule has 0 saturated carbocycles. The highest BCUT2D eigenvalue weighted by atomic mass is 16.2. The maximum absolute atomic E-state index is 11.7. The van der Waals surface area contributed by atoms with E-state index in [2.05, 4.69) is 26.1 Å². The van der Waals surface area contributed by atoms with Crippen LogP contribution in [0.15, 0.2) is 0 Å². The fourth-order valence-electron chi connectivity index (χ4n) is 1.89. The Morgan fingerprint density at radius 2 is 2.00 bits per heavy atom. The third-order valence-corrected chi connectivity index (χ3v) is 3.10. The second kappa shape index (κ2) is 4.39. The van der Waals surface area contributed by atoms with Crippen molar-refractivity contribution in [3.8, 4) is 0 Å². The fraction of sp³-hybridized carbons (Fsp3) is 0.909. The molecule has 1 rings (SSSR count). The van der Waals surface area contributed by atoms with Crippen molar-refractivity contribution >= 4 is 6.03 Å². The van der Waals surface area contributed by atoms with Crippen molar-refractivity contribution in [2.45, 2.75) is 26.8 Å². The van der Waals surface area contributed by atoms with Gasteiger partial charge in [-0.05, 0) is 12.5 Å². The van der Waals surface area contributed by atoms with Crippen LogP contribution in [0.1, 0.15) is 20.8 Å². The standard InChI is InChI=1S/C11H23N3O/c1-11(2,3)9(12-4)8-14-7-6-13(5)10(14)15/h9,12H,6-8H2,1-5H3. The molecule has 0 spiro atoms. The topological polar surface area (TPSA) is 35.6 Å². The van der Waals surface area contributed by atoms with E-state index in [4.69, 9.17) is 0 Å². The zero-order chi connectivity index (χ0) is 11.6. The molecular weight excluding hydrogens is 190 g/mol. The monoisotopic (exact) mass is 213 g/mol. The van der Waals surface area contributed by atoms with Gasteiger partial charge in [0, 0.05) is 32.7 Å². The van der Waals surface area contributed by atoms with Crippen LogP contribution in [-0.2, 0) is 0 Å². The maximum atomic E-state index is 11.7. The first kappa shape index (κ1) is 12.3. The molecule has 1 heterocycles. The van der Waals surface area contributed by atoms with Crippen molar-refractivity contribution < 1.29 is 4.79 Å². The summed E-state index contributed by atoms with van der Waals surface area (Å²) >= 11 is 0. The number of carbonyl (C=O) groups is 1. The molecular formula is C11H23N3O. The van der Waals surface area contributed by atoms with Crippen LogP contribution >= 0.6 is 0 Å². The number of carbonyl (C=O) groups excluding carboxylic acids is 1. The lowest BCUT2D eigenvalue weighted by Crippen LogP contribution is -2.48. The second-order valence-electron chi connectivity index (χ2n) is 5.36. The first-order valence-electron chi connectivity index (χ1n) is 5.53. The van der Waals surface area contributed by atoms with E-state index in [1.165, 1.54) is 0 Å². The van der Waals surface area contributed by atoms with Gasteiger partial charge in [0.25, 0.3) is 0 Å². The van der Waals surface area contributed by atoms with E-state index in [-0.39, 0.29) is 11.4 Å². The lowest BCUT2D eigenvalue weighted by molar-refractivity contribution is 0.177. The Kier molecular flexibility index (Phi) is 3.60. The molecule has 0 radical (unpaired) electrons. The first-order chi connectivity index (χ1) is 6.86. The predicted octanol–water partition coefficient (Wildman–Crippen LogP) is 0.988. The van der Waals surface area contributed by atoms with Crippen molar-refractivity contribution in [1.29, 1.82) is 0 Å². The molecule has 1 aliphatic rings. The molecule has 1 atom stereocenters. The van der Waals surface area contributed by atoms with E-state index < -0.39 is 0 Å². The van der Waals surface area contributed by atoms with E-state index in [0.717, 1.165) is 19.6 Å². The van der Waals surface area contributed by atoms with Crippen LogP contribution in [0, 0.1) is 5.41 Å². The SMILES string of the molecule is CNC(CN1CCN(C)C1=O)C(C)(C)C. The molecule has 4 nitrogen and oxygen atoms in total. The number of nitrogens with zero attached hydrogens (tertiary/aromatic N) is 2. The number of urea groups is 1. The maximum Gasteiger partial charge on any atom is 0.319 e. The molecule has 1 unspecified atom stereocenters. The first-order valence-corrected chi connectivity index (χ1v) is 5.53. The summed E-state index contributed by atoms with van der Waals surface area (Å²) in [7, 11) is 3.81. The molecule has 88 valence electrons. The molecule has 1 aliphatic heterocycles. The van der Waals surface area contributed by atoms with E-state index in [1.807, 2.05) is 19.0 Å². The number of hydrogen-bond acceptors (Lipinski definition) is 2. The molecule has 0 aliphatic carbocycles. The van der Waals surface area contributed by atoms with Crippen molar-refractivity contribution in [2.24, 2.45) is 5.41 Å². The van der Waals surface area contributed by atoms with Gasteiger partial charge < -0.3 is 15.1 Å². The van der Waals surface area contributed by atoms with Gasteiger partial charge in [0.15, 0.2) is 0 Å². The van der Waals surface area contributed by atoms with Gasteiger partial charge in [0.05, 0.1) is 0 Å². The largest absolute Gasteiger partial charge is 0.326 e. The summed E-state index contributed by atoms with van der Waals surface area (Å²) in [4.78, 5) is 15.4. The zero-order valence-electron chi connectivity index (χ0n) is 10.5. The quantitative estimate of drug-likeness (QED) is 0.759. The van der Waals surface area contributed by atoms with Crippen LogP contribution in [0.25, 0.3) is 0 Å². The lowest BCUT2D eigenvalue weighted by Gasteiger charge is -2.33. The van der Waals surface area contributed by atoms with Gasteiger partial charge in [-0.2, -0.15) is 0 Å². The Morgan fingerprint density at radius 3 is 2.33 bits per heavy atom. The van der Waals surface area contributed by atoms with E-state index in [1.54, 1.807) is 4.90 Å². The van der Waals surface area contributed by atoms with Gasteiger partial charge in [0.1, 0.15) is 0 Å². The number of amides is 2. The summed E-state index contributed by atoms with van der Waals surface area (Å²) in [5, 5.41) is 3.29. The van der Waals surface area contributed by atoms with Crippen molar-refractivity contribution in [3.63, 3.8) is 0 Å². The molecule has 0 aromatic carbocycles. The average molecular weight is 213 g/mol. The minimum absolute atomic E-state index is 0.152. The van der Waals surface area contributed by atoms with Gasteiger partial charge in [-0.1, -0.05) is 20.8 Å². The highest BCUT2D eigenvalue weighted by Crippen LogP contribution is 2.21. The van der Waals surface area contributed by atoms with Gasteiger partial charge in [-0.3, -0.25) is 0 Å². The van der Waals surface area contributed by atoms with Crippen LogP contribution in [0.5, 0.6) is 0 Å². The Labute approximate surface area is 92.6 Å². The number of rotatable bonds is 3. The summed E-state index contributed by atoms with van der Waals surface area (Å²) in [5.74, 6) is 0. The van der Waals surface area contributed by atoms with Gasteiger partial charge in [0.2, 0.25) is 0 Å². The van der Waals surface area contributed by atoms with Crippen LogP contribution in [-0.4, -0.2) is 55.6 Å². The molecule has 1 saturated heterocycles. The minimum atomic E-state index is 0.152. The Morgan fingerprint density at radius 1 is 1.40 bits per heavy atom. The Hall–Kier alpha value is -0.770. The molecule has 1 N–H and O–H groups in total. The summed E-state index contributed by atoms with van der Waals surface area (Å²) in [6.07, 6.45) is 0. The summed E-state index contributed by atoms with van der Waals surface area (Å²) in [6.45, 7) is 9.07. The van der Waals surface area contributed by atoms with E-state index >= 15 is 0 Å². The van der Waals surface area contributed by atoms with E-state index in [9.17, 15) is 4.79 Å². The third-order valence-electron chi connectivity index (χ3n) is 3.10. The lowest BCUT2D eigenvalue weighted by atomic mass is 9.86. The predicted molar refractivity (Wildman–Crippen MR) is 61.9 cm³/mol. The van der Waals surface area contributed by atoms with Crippen LogP contribution in [0.2, 0.25) is 0 Å². The smallest absolute Gasteiger partial charge is 0.319 e. The molecule has 0 aromatic heterocycles. The molecule has 0 bridgehead atoms. The molecule has 4 heteroatoms. The van der Waals surface area contributed by atoms with E-state index in [0.29, 0.717) is 6.04 Å². The van der Waals surface area contributed by atoms with Gasteiger partial charge in [-0.15, -0.1) is 0 Å². The molecule has 15 heavy (non-hydrogen) atoms. The molecule has 0 aromatic rings. The average Bonchev–Trinajstić information content (AvgIpc) is 2.43. The number of likely N-dealkylation sites (N-methyl/N-ethyl adjacent to an activating group) is 2. The zero-order valence-corrected chi connectivity index (χ0v) is 10.5. The highest BCUT2D eigenvalue weighted by molar-refractivity contribution is 5.76. The molecule has 1 fully saturated rings. The van der Waals surface area contributed by atoms with Crippen molar-refractivity contribution in [1.82, 2.24) is 15.1 Å². The second-order valence-corrected chi connectivity index (χ2v) is 5.36. The van der Waals surface area contributed by atoms with Gasteiger partial charge in [-0.25, -0.2) is 4.79 Å². The van der Waals surface area contributed by atoms with Crippen LogP contribution < -0.4 is 5.32 Å². The van der Waals surface area contributed by atoms with Crippen LogP contribution in [0.3, 0.4) is 0 Å². The normalized spacial score (nSPS) is 19.9. The van der Waals surface area contributed by atoms with Crippen molar-refractivity contribution in [3.05, 3.63) is 0 Å². The van der Waals surface area contributed by atoms with Crippen molar-refractivity contribution in [2.75, 3.05) is 33.7 Å².